The quantitative estimate of drug-likeness (QED) is 0.436. The van der Waals surface area contributed by atoms with Crippen molar-refractivity contribution in [1.29, 1.82) is 0 Å². The molecular weight excluding hydrogens is 356 g/mol. The fourth-order valence-corrected chi connectivity index (χ4v) is 4.70. The van der Waals surface area contributed by atoms with E-state index in [1.807, 2.05) is 18.4 Å². The maximum Gasteiger partial charge on any atom is 0.193 e. The minimum atomic E-state index is 1.02. The monoisotopic (exact) mass is 392 g/mol. The number of likely N-dealkylation sites (N-methyl/N-ethyl adjacent to an activating group) is 1. The van der Waals surface area contributed by atoms with Gasteiger partial charge in [0.1, 0.15) is 0 Å². The van der Waals surface area contributed by atoms with Crippen LogP contribution in [0.3, 0.4) is 0 Å². The van der Waals surface area contributed by atoms with Gasteiger partial charge in [0.05, 0.1) is 5.00 Å². The summed E-state index contributed by atoms with van der Waals surface area (Å²) in [6, 6.07) is 4.35. The van der Waals surface area contributed by atoms with E-state index >= 15 is 0 Å². The van der Waals surface area contributed by atoms with Gasteiger partial charge in [-0.15, -0.1) is 11.3 Å². The first kappa shape index (κ1) is 20.4. The van der Waals surface area contributed by atoms with E-state index in [0.29, 0.717) is 0 Å². The number of anilines is 1. The Balaban J connectivity index is 1.28. The Bertz CT molecular complexity index is 545. The van der Waals surface area contributed by atoms with Gasteiger partial charge < -0.3 is 24.9 Å². The molecule has 1 aromatic rings. The second-order valence-corrected chi connectivity index (χ2v) is 8.31. The molecule has 0 saturated carbocycles. The summed E-state index contributed by atoms with van der Waals surface area (Å²) in [6.45, 7) is 14.9. The number of aliphatic imine (C=N–C) groups is 1. The number of thiophene rings is 1. The zero-order valence-corrected chi connectivity index (χ0v) is 17.9. The molecule has 0 unspecified atom stereocenters. The number of rotatable bonds is 7. The molecule has 1 N–H and O–H groups in total. The fraction of sp³-hybridized carbons (Fsp3) is 0.750. The van der Waals surface area contributed by atoms with Crippen LogP contribution in [0.25, 0.3) is 0 Å². The molecule has 2 aliphatic rings. The molecule has 0 spiro atoms. The summed E-state index contributed by atoms with van der Waals surface area (Å²) in [5.74, 6) is 1.07. The summed E-state index contributed by atoms with van der Waals surface area (Å²) in [4.78, 5) is 14.5. The molecule has 3 rings (SSSR count). The van der Waals surface area contributed by atoms with E-state index in [0.717, 1.165) is 38.7 Å². The van der Waals surface area contributed by atoms with Crippen LogP contribution in [0, 0.1) is 0 Å². The van der Waals surface area contributed by atoms with Gasteiger partial charge in [-0.05, 0) is 43.4 Å². The molecule has 0 radical (unpaired) electrons. The zero-order valence-electron chi connectivity index (χ0n) is 17.1. The lowest BCUT2D eigenvalue weighted by Gasteiger charge is -2.37. The van der Waals surface area contributed by atoms with E-state index in [4.69, 9.17) is 0 Å². The Morgan fingerprint density at radius 3 is 2.41 bits per heavy atom. The average molecular weight is 393 g/mol. The Morgan fingerprint density at radius 2 is 1.78 bits per heavy atom. The number of guanidine groups is 1. The molecule has 1 aromatic heterocycles. The molecule has 2 saturated heterocycles. The summed E-state index contributed by atoms with van der Waals surface area (Å²) >= 11 is 1.83. The highest BCUT2D eigenvalue weighted by atomic mass is 32.1. The normalized spacial score (nSPS) is 20.3. The molecule has 7 heteroatoms. The van der Waals surface area contributed by atoms with Gasteiger partial charge in [-0.25, -0.2) is 0 Å². The van der Waals surface area contributed by atoms with Gasteiger partial charge in [-0.2, -0.15) is 0 Å². The molecule has 0 amide bonds. The van der Waals surface area contributed by atoms with Crippen LogP contribution in [0.1, 0.15) is 19.8 Å². The zero-order chi connectivity index (χ0) is 18.9. The van der Waals surface area contributed by atoms with Crippen molar-refractivity contribution < 1.29 is 0 Å². The third-order valence-electron chi connectivity index (χ3n) is 5.71. The number of hydrogen-bond acceptors (Lipinski definition) is 5. The van der Waals surface area contributed by atoms with E-state index in [1.165, 1.54) is 57.1 Å². The maximum absolute atomic E-state index is 4.50. The summed E-state index contributed by atoms with van der Waals surface area (Å²) in [5.41, 5.74) is 0. The first-order valence-corrected chi connectivity index (χ1v) is 11.4. The van der Waals surface area contributed by atoms with Crippen molar-refractivity contribution in [2.75, 3.05) is 83.9 Å². The Hall–Kier alpha value is -1.31. The van der Waals surface area contributed by atoms with E-state index in [9.17, 15) is 0 Å². The smallest absolute Gasteiger partial charge is 0.193 e. The van der Waals surface area contributed by atoms with Crippen molar-refractivity contribution in [2.45, 2.75) is 19.8 Å². The Morgan fingerprint density at radius 1 is 1.04 bits per heavy atom. The summed E-state index contributed by atoms with van der Waals surface area (Å²) in [7, 11) is 1.90. The van der Waals surface area contributed by atoms with Gasteiger partial charge in [0.25, 0.3) is 0 Å². The van der Waals surface area contributed by atoms with Crippen LogP contribution in [0.4, 0.5) is 5.00 Å². The van der Waals surface area contributed by atoms with Gasteiger partial charge in [0.15, 0.2) is 5.96 Å². The first-order valence-electron chi connectivity index (χ1n) is 10.5. The topological polar surface area (TPSA) is 37.4 Å². The summed E-state index contributed by atoms with van der Waals surface area (Å²) < 4.78 is 0. The van der Waals surface area contributed by atoms with Crippen molar-refractivity contribution in [3.63, 3.8) is 0 Å². The second kappa shape index (κ2) is 10.9. The van der Waals surface area contributed by atoms with E-state index in [-0.39, 0.29) is 0 Å². The predicted molar refractivity (Wildman–Crippen MR) is 117 cm³/mol. The van der Waals surface area contributed by atoms with Gasteiger partial charge in [0.2, 0.25) is 0 Å². The number of nitrogens with zero attached hydrogens (tertiary/aromatic N) is 5. The average Bonchev–Trinajstić information content (AvgIpc) is 3.26. The molecule has 3 heterocycles. The van der Waals surface area contributed by atoms with Crippen LogP contribution in [-0.2, 0) is 0 Å². The van der Waals surface area contributed by atoms with Crippen LogP contribution in [0.15, 0.2) is 22.5 Å². The number of nitrogens with one attached hydrogen (secondary N) is 1. The van der Waals surface area contributed by atoms with E-state index < -0.39 is 0 Å². The summed E-state index contributed by atoms with van der Waals surface area (Å²) in [5, 5.41) is 7.12. The van der Waals surface area contributed by atoms with Gasteiger partial charge in [0, 0.05) is 66.0 Å². The number of piperazine rings is 2. The standard InChI is InChI=1S/C20H36N6S/c1-3-23-10-12-24(13-11-23)9-5-4-8-22-20(21-2)26-16-14-25(15-17-26)19-7-6-18-27-19/h6-7,18H,3-5,8-17H2,1-2H3,(H,21,22). The van der Waals surface area contributed by atoms with Crippen LogP contribution in [0.5, 0.6) is 0 Å². The van der Waals surface area contributed by atoms with Gasteiger partial charge in [-0.1, -0.05) is 6.92 Å². The minimum absolute atomic E-state index is 1.02. The van der Waals surface area contributed by atoms with Gasteiger partial charge in [-0.3, -0.25) is 4.99 Å². The highest BCUT2D eigenvalue weighted by Crippen LogP contribution is 2.22. The summed E-state index contributed by atoms with van der Waals surface area (Å²) in [6.07, 6.45) is 2.48. The molecule has 2 fully saturated rings. The number of unbranched alkanes of at least 4 members (excludes halogenated alkanes) is 1. The molecule has 0 atom stereocenters. The lowest BCUT2D eigenvalue weighted by molar-refractivity contribution is 0.136. The highest BCUT2D eigenvalue weighted by molar-refractivity contribution is 7.14. The van der Waals surface area contributed by atoms with E-state index in [1.54, 1.807) is 0 Å². The predicted octanol–water partition coefficient (Wildman–Crippen LogP) is 1.86. The third kappa shape index (κ3) is 6.09. The Kier molecular flexibility index (Phi) is 8.23. The van der Waals surface area contributed by atoms with Crippen molar-refractivity contribution >= 4 is 22.3 Å². The van der Waals surface area contributed by atoms with Crippen LogP contribution in [0.2, 0.25) is 0 Å². The lowest BCUT2D eigenvalue weighted by atomic mass is 10.2. The van der Waals surface area contributed by atoms with Crippen LogP contribution < -0.4 is 10.2 Å². The maximum atomic E-state index is 4.50. The fourth-order valence-electron chi connectivity index (χ4n) is 3.91. The first-order chi connectivity index (χ1) is 13.3. The molecule has 0 bridgehead atoms. The van der Waals surface area contributed by atoms with Crippen molar-refractivity contribution in [1.82, 2.24) is 20.0 Å². The van der Waals surface area contributed by atoms with Crippen molar-refractivity contribution in [2.24, 2.45) is 4.99 Å². The van der Waals surface area contributed by atoms with E-state index in [2.05, 4.69) is 54.3 Å². The van der Waals surface area contributed by atoms with Crippen molar-refractivity contribution in [3.8, 4) is 0 Å². The highest BCUT2D eigenvalue weighted by Gasteiger charge is 2.20. The van der Waals surface area contributed by atoms with Crippen LogP contribution >= 0.6 is 11.3 Å². The van der Waals surface area contributed by atoms with Crippen LogP contribution in [-0.4, -0.2) is 99.7 Å². The Labute approximate surface area is 168 Å². The largest absolute Gasteiger partial charge is 0.360 e. The molecule has 27 heavy (non-hydrogen) atoms. The number of hydrogen-bond donors (Lipinski definition) is 1. The SMILES string of the molecule is CCN1CCN(CCCCNC(=NC)N2CCN(c3cccs3)CC2)CC1. The second-order valence-electron chi connectivity index (χ2n) is 7.38. The molecule has 0 aliphatic carbocycles. The third-order valence-corrected chi connectivity index (χ3v) is 6.63. The molecule has 6 nitrogen and oxygen atoms in total. The van der Waals surface area contributed by atoms with Gasteiger partial charge >= 0.3 is 0 Å². The molecule has 2 aliphatic heterocycles. The molecular formula is C20H36N6S. The van der Waals surface area contributed by atoms with Crippen molar-refractivity contribution in [3.05, 3.63) is 17.5 Å². The molecule has 0 aromatic carbocycles. The lowest BCUT2D eigenvalue weighted by Crippen LogP contribution is -2.52. The minimum Gasteiger partial charge on any atom is -0.360 e. The molecule has 152 valence electrons.